The highest BCUT2D eigenvalue weighted by Gasteiger charge is 2.20. The second kappa shape index (κ2) is 13.3. The van der Waals surface area contributed by atoms with Crippen molar-refractivity contribution < 1.29 is 4.42 Å². The highest BCUT2D eigenvalue weighted by Crippen LogP contribution is 2.46. The molecule has 0 amide bonds. The normalized spacial score (nSPS) is 11.8. The summed E-state index contributed by atoms with van der Waals surface area (Å²) in [6.45, 7) is 0. The van der Waals surface area contributed by atoms with Crippen LogP contribution in [0.5, 0.6) is 0 Å². The predicted octanol–water partition coefficient (Wildman–Crippen LogP) is 16.8. The fourth-order valence-corrected chi connectivity index (χ4v) is 11.1. The van der Waals surface area contributed by atoms with Crippen LogP contribution in [-0.2, 0) is 0 Å². The molecule has 0 unspecified atom stereocenters. The maximum atomic E-state index is 6.50. The number of furan rings is 1. The molecule has 0 bridgehead atoms. The smallest absolute Gasteiger partial charge is 0.143 e. The molecule has 0 fully saturated rings. The Hall–Kier alpha value is -6.98. The third kappa shape index (κ3) is 5.30. The Morgan fingerprint density at radius 1 is 0.362 bits per heavy atom. The Balaban J connectivity index is 0.970. The average molecular weight is 776 g/mol. The molecule has 0 radical (unpaired) electrons. The first-order valence-corrected chi connectivity index (χ1v) is 21.2. The van der Waals surface area contributed by atoms with Crippen LogP contribution in [0.4, 0.5) is 17.1 Å². The van der Waals surface area contributed by atoms with Gasteiger partial charge in [0, 0.05) is 63.4 Å². The number of hydrogen-bond donors (Lipinski definition) is 0. The van der Waals surface area contributed by atoms with Gasteiger partial charge in [0.05, 0.1) is 10.4 Å². The van der Waals surface area contributed by atoms with Crippen molar-refractivity contribution in [1.29, 1.82) is 0 Å². The first kappa shape index (κ1) is 33.2. The molecule has 9 aromatic carbocycles. The highest BCUT2D eigenvalue weighted by molar-refractivity contribution is 7.26. The largest absolute Gasteiger partial charge is 0.455 e. The number of hydrogen-bond acceptors (Lipinski definition) is 4. The summed E-state index contributed by atoms with van der Waals surface area (Å²) in [6.07, 6.45) is 0. The Morgan fingerprint density at radius 2 is 0.948 bits per heavy atom. The molecule has 0 aliphatic carbocycles. The van der Waals surface area contributed by atoms with Crippen LogP contribution in [-0.4, -0.2) is 0 Å². The summed E-state index contributed by atoms with van der Waals surface area (Å²) in [6, 6.07) is 72.6. The maximum absolute atomic E-state index is 6.50. The lowest BCUT2D eigenvalue weighted by atomic mass is 9.99. The van der Waals surface area contributed by atoms with Crippen LogP contribution in [0.25, 0.3) is 95.7 Å². The van der Waals surface area contributed by atoms with Gasteiger partial charge in [-0.2, -0.15) is 0 Å². The van der Waals surface area contributed by atoms with Crippen molar-refractivity contribution in [2.24, 2.45) is 0 Å². The molecule has 0 N–H and O–H groups in total. The van der Waals surface area contributed by atoms with Gasteiger partial charge >= 0.3 is 0 Å². The molecule has 0 saturated carbocycles. The molecule has 4 heteroatoms. The summed E-state index contributed by atoms with van der Waals surface area (Å²) in [5.74, 6) is 0. The second-order valence-corrected chi connectivity index (χ2v) is 17.0. The zero-order valence-electron chi connectivity index (χ0n) is 31.2. The minimum Gasteiger partial charge on any atom is -0.455 e. The lowest BCUT2D eigenvalue weighted by Crippen LogP contribution is -2.10. The lowest BCUT2D eigenvalue weighted by molar-refractivity contribution is 0.670. The van der Waals surface area contributed by atoms with Gasteiger partial charge in [-0.1, -0.05) is 140 Å². The number of thiophene rings is 2. The van der Waals surface area contributed by atoms with E-state index in [4.69, 9.17) is 4.42 Å². The van der Waals surface area contributed by atoms with Crippen molar-refractivity contribution in [3.63, 3.8) is 0 Å². The third-order valence-electron chi connectivity index (χ3n) is 11.5. The zero-order valence-corrected chi connectivity index (χ0v) is 32.9. The van der Waals surface area contributed by atoms with Crippen molar-refractivity contribution in [1.82, 2.24) is 0 Å². The number of rotatable bonds is 6. The summed E-state index contributed by atoms with van der Waals surface area (Å²) in [7, 11) is 0. The van der Waals surface area contributed by atoms with Crippen LogP contribution in [0.3, 0.4) is 0 Å². The minimum absolute atomic E-state index is 0.897. The number of para-hydroxylation sites is 1. The molecule has 0 atom stereocenters. The molecule has 0 aliphatic rings. The third-order valence-corrected chi connectivity index (χ3v) is 13.8. The van der Waals surface area contributed by atoms with Gasteiger partial charge in [-0.15, -0.1) is 22.7 Å². The molecular formula is C54H33NOS2. The predicted molar refractivity (Wildman–Crippen MR) is 250 cm³/mol. The standard InChI is InChI=1S/C54H33NOS2/c1-2-11-35(12-3-1)41-16-8-17-43-46-33-37(27-32-48(46)56-53(41)43)34-23-28-38(29-24-34)55(47-19-9-18-44-42-13-4-6-20-49(42)58-54(44)47)39-30-25-36(26-31-39)40-15-10-22-51-52(40)45-14-5-7-21-50(45)57-51/h1-33H. The summed E-state index contributed by atoms with van der Waals surface area (Å²) >= 11 is 3.73. The van der Waals surface area contributed by atoms with E-state index in [1.54, 1.807) is 0 Å². The van der Waals surface area contributed by atoms with Crippen molar-refractivity contribution in [2.45, 2.75) is 0 Å². The molecule has 58 heavy (non-hydrogen) atoms. The average Bonchev–Trinajstić information content (AvgIpc) is 3.99. The fourth-order valence-electron chi connectivity index (χ4n) is 8.77. The second-order valence-electron chi connectivity index (χ2n) is 14.8. The molecular weight excluding hydrogens is 743 g/mol. The summed E-state index contributed by atoms with van der Waals surface area (Å²) in [4.78, 5) is 2.42. The van der Waals surface area contributed by atoms with Gasteiger partial charge in [-0.3, -0.25) is 0 Å². The Morgan fingerprint density at radius 3 is 1.76 bits per heavy atom. The zero-order chi connectivity index (χ0) is 38.2. The molecule has 0 aliphatic heterocycles. The number of nitrogens with zero attached hydrogens (tertiary/aromatic N) is 1. The Bertz CT molecular complexity index is 3500. The van der Waals surface area contributed by atoms with E-state index in [0.717, 1.165) is 55.6 Å². The minimum atomic E-state index is 0.897. The van der Waals surface area contributed by atoms with E-state index in [1.807, 2.05) is 28.7 Å². The maximum Gasteiger partial charge on any atom is 0.143 e. The molecule has 12 rings (SSSR count). The van der Waals surface area contributed by atoms with E-state index in [1.165, 1.54) is 57.2 Å². The van der Waals surface area contributed by atoms with Gasteiger partial charge in [0.25, 0.3) is 0 Å². The molecule has 2 nitrogen and oxygen atoms in total. The van der Waals surface area contributed by atoms with Crippen LogP contribution < -0.4 is 4.90 Å². The first-order chi connectivity index (χ1) is 28.7. The summed E-state index contributed by atoms with van der Waals surface area (Å²) < 4.78 is 11.7. The quantitative estimate of drug-likeness (QED) is 0.167. The number of anilines is 3. The van der Waals surface area contributed by atoms with Gasteiger partial charge in [-0.05, 0) is 88.5 Å². The lowest BCUT2D eigenvalue weighted by Gasteiger charge is -2.26. The monoisotopic (exact) mass is 775 g/mol. The van der Waals surface area contributed by atoms with Crippen molar-refractivity contribution in [3.05, 3.63) is 200 Å². The molecule has 0 spiro atoms. The fraction of sp³-hybridized carbons (Fsp3) is 0. The first-order valence-electron chi connectivity index (χ1n) is 19.6. The van der Waals surface area contributed by atoms with E-state index >= 15 is 0 Å². The molecule has 12 aromatic rings. The van der Waals surface area contributed by atoms with E-state index in [2.05, 4.69) is 199 Å². The van der Waals surface area contributed by atoms with Gasteiger partial charge in [0.1, 0.15) is 11.2 Å². The van der Waals surface area contributed by atoms with Gasteiger partial charge < -0.3 is 9.32 Å². The Labute approximate surface area is 343 Å². The van der Waals surface area contributed by atoms with Crippen LogP contribution >= 0.6 is 22.7 Å². The SMILES string of the molecule is c1ccc(-c2cccc3c2oc2ccc(-c4ccc(N(c5ccc(-c6cccc7sc8ccccc8c67)cc5)c5cccc6c5sc5ccccc56)cc4)cc23)cc1. The van der Waals surface area contributed by atoms with Crippen LogP contribution in [0.15, 0.2) is 205 Å². The molecule has 3 heterocycles. The summed E-state index contributed by atoms with van der Waals surface area (Å²) in [5.41, 5.74) is 12.3. The van der Waals surface area contributed by atoms with E-state index in [9.17, 15) is 0 Å². The van der Waals surface area contributed by atoms with Gasteiger partial charge in [0.2, 0.25) is 0 Å². The van der Waals surface area contributed by atoms with Crippen molar-refractivity contribution in [3.8, 4) is 33.4 Å². The highest BCUT2D eigenvalue weighted by atomic mass is 32.1. The van der Waals surface area contributed by atoms with E-state index in [0.29, 0.717) is 0 Å². The van der Waals surface area contributed by atoms with E-state index < -0.39 is 0 Å². The molecule has 3 aromatic heterocycles. The van der Waals surface area contributed by atoms with Gasteiger partial charge in [-0.25, -0.2) is 0 Å². The number of benzene rings is 9. The topological polar surface area (TPSA) is 16.4 Å². The van der Waals surface area contributed by atoms with Crippen LogP contribution in [0.1, 0.15) is 0 Å². The van der Waals surface area contributed by atoms with Crippen LogP contribution in [0, 0.1) is 0 Å². The van der Waals surface area contributed by atoms with Crippen molar-refractivity contribution in [2.75, 3.05) is 4.90 Å². The Kier molecular flexibility index (Phi) is 7.62. The van der Waals surface area contributed by atoms with Crippen molar-refractivity contribution >= 4 is 102 Å². The van der Waals surface area contributed by atoms with E-state index in [-0.39, 0.29) is 0 Å². The summed E-state index contributed by atoms with van der Waals surface area (Å²) in [5, 5.41) is 7.48. The van der Waals surface area contributed by atoms with Gasteiger partial charge in [0.15, 0.2) is 0 Å². The number of fused-ring (bicyclic) bond motifs is 9. The van der Waals surface area contributed by atoms with Crippen LogP contribution in [0.2, 0.25) is 0 Å². The molecule has 0 saturated heterocycles. The molecule has 272 valence electrons.